The lowest BCUT2D eigenvalue weighted by Crippen LogP contribution is -1.99. The number of halogens is 2. The van der Waals surface area contributed by atoms with Crippen LogP contribution in [0.4, 0.5) is 0 Å². The Morgan fingerprint density at radius 3 is 2.56 bits per heavy atom. The Hall–Kier alpha value is -0.800. The Morgan fingerprint density at radius 1 is 1.06 bits per heavy atom. The number of para-hydroxylation sites is 1. The molecule has 18 heavy (non-hydrogen) atoms. The zero-order valence-electron chi connectivity index (χ0n) is 10.1. The molecule has 1 nitrogen and oxygen atoms in total. The van der Waals surface area contributed by atoms with Crippen molar-refractivity contribution in [1.29, 1.82) is 0 Å². The largest absolute Gasteiger partial charge is 0.487 e. The minimum Gasteiger partial charge on any atom is -0.487 e. The number of ether oxygens (including phenoxy) is 1. The van der Waals surface area contributed by atoms with Crippen molar-refractivity contribution in [2.45, 2.75) is 20.0 Å². The van der Waals surface area contributed by atoms with E-state index in [0.29, 0.717) is 6.61 Å². The Morgan fingerprint density at radius 2 is 1.83 bits per heavy atom. The van der Waals surface area contributed by atoms with Crippen LogP contribution in [0, 0.1) is 0 Å². The van der Waals surface area contributed by atoms with Crippen molar-refractivity contribution in [1.82, 2.24) is 0 Å². The molecular weight excluding hydrogens is 356 g/mol. The van der Waals surface area contributed by atoms with Crippen LogP contribution >= 0.6 is 31.9 Å². The van der Waals surface area contributed by atoms with Crippen LogP contribution in [0.1, 0.15) is 18.1 Å². The van der Waals surface area contributed by atoms with Gasteiger partial charge in [-0.25, -0.2) is 0 Å². The van der Waals surface area contributed by atoms with Gasteiger partial charge in [0.1, 0.15) is 12.4 Å². The second-order valence-electron chi connectivity index (χ2n) is 4.00. The van der Waals surface area contributed by atoms with Gasteiger partial charge in [-0.2, -0.15) is 0 Å². The molecule has 2 aromatic carbocycles. The van der Waals surface area contributed by atoms with Crippen LogP contribution in [0.3, 0.4) is 0 Å². The van der Waals surface area contributed by atoms with Crippen LogP contribution in [0.25, 0.3) is 0 Å². The first-order chi connectivity index (χ1) is 8.70. The first-order valence-electron chi connectivity index (χ1n) is 5.85. The summed E-state index contributed by atoms with van der Waals surface area (Å²) in [6, 6.07) is 14.3. The van der Waals surface area contributed by atoms with Gasteiger partial charge in [-0.3, -0.25) is 0 Å². The van der Waals surface area contributed by atoms with E-state index < -0.39 is 0 Å². The molecule has 0 bridgehead atoms. The number of benzene rings is 2. The highest BCUT2D eigenvalue weighted by atomic mass is 79.9. The Kier molecular flexibility index (Phi) is 4.84. The van der Waals surface area contributed by atoms with Gasteiger partial charge < -0.3 is 4.74 Å². The van der Waals surface area contributed by atoms with Crippen molar-refractivity contribution >= 4 is 31.9 Å². The topological polar surface area (TPSA) is 9.23 Å². The number of hydrogen-bond donors (Lipinski definition) is 0. The Labute approximate surface area is 124 Å². The van der Waals surface area contributed by atoms with E-state index in [1.54, 1.807) is 0 Å². The maximum Gasteiger partial charge on any atom is 0.137 e. The van der Waals surface area contributed by atoms with Crippen molar-refractivity contribution in [3.05, 3.63) is 62.5 Å². The summed E-state index contributed by atoms with van der Waals surface area (Å²) in [4.78, 5) is 0. The van der Waals surface area contributed by atoms with Crippen molar-refractivity contribution < 1.29 is 4.74 Å². The molecule has 0 unspecified atom stereocenters. The smallest absolute Gasteiger partial charge is 0.137 e. The molecule has 0 atom stereocenters. The molecule has 0 N–H and O–H groups in total. The second-order valence-corrected chi connectivity index (χ2v) is 5.77. The summed E-state index contributed by atoms with van der Waals surface area (Å²) >= 11 is 7.01. The van der Waals surface area contributed by atoms with Gasteiger partial charge in [0.05, 0.1) is 4.47 Å². The zero-order chi connectivity index (χ0) is 13.0. The fraction of sp³-hybridized carbons (Fsp3) is 0.200. The Balaban J connectivity index is 2.15. The lowest BCUT2D eigenvalue weighted by Gasteiger charge is -2.12. The van der Waals surface area contributed by atoms with Gasteiger partial charge in [0.2, 0.25) is 0 Å². The molecule has 0 saturated heterocycles. The molecular formula is C15H14Br2O. The number of hydrogen-bond acceptors (Lipinski definition) is 1. The van der Waals surface area contributed by atoms with Crippen LogP contribution < -0.4 is 4.74 Å². The zero-order valence-corrected chi connectivity index (χ0v) is 13.3. The van der Waals surface area contributed by atoms with E-state index in [1.807, 2.05) is 24.3 Å². The molecule has 2 rings (SSSR count). The third-order valence-electron chi connectivity index (χ3n) is 2.70. The normalized spacial score (nSPS) is 10.4. The summed E-state index contributed by atoms with van der Waals surface area (Å²) in [5.41, 5.74) is 2.38. The molecule has 0 aliphatic carbocycles. The molecule has 3 heteroatoms. The van der Waals surface area contributed by atoms with E-state index in [-0.39, 0.29) is 0 Å². The second kappa shape index (κ2) is 6.39. The monoisotopic (exact) mass is 368 g/mol. The standard InChI is InChI=1S/C15H14Br2O/c1-2-12-6-4-8-14(17)15(12)18-10-11-5-3-7-13(16)9-11/h3-9H,2,10H2,1H3. The molecule has 0 fully saturated rings. The van der Waals surface area contributed by atoms with Crippen molar-refractivity contribution in [3.63, 3.8) is 0 Å². The summed E-state index contributed by atoms with van der Waals surface area (Å²) in [5.74, 6) is 0.944. The van der Waals surface area contributed by atoms with Gasteiger partial charge in [0, 0.05) is 4.47 Å². The lowest BCUT2D eigenvalue weighted by atomic mass is 10.1. The van der Waals surface area contributed by atoms with Gasteiger partial charge in [-0.1, -0.05) is 47.1 Å². The summed E-state index contributed by atoms with van der Waals surface area (Å²) in [6.45, 7) is 2.71. The highest BCUT2D eigenvalue weighted by molar-refractivity contribution is 9.10. The molecule has 0 aliphatic heterocycles. The maximum absolute atomic E-state index is 5.93. The molecule has 0 radical (unpaired) electrons. The number of aryl methyl sites for hydroxylation is 1. The Bertz CT molecular complexity index is 538. The highest BCUT2D eigenvalue weighted by Crippen LogP contribution is 2.30. The van der Waals surface area contributed by atoms with Crippen molar-refractivity contribution in [2.75, 3.05) is 0 Å². The van der Waals surface area contributed by atoms with Gasteiger partial charge in [0.15, 0.2) is 0 Å². The first kappa shape index (κ1) is 13.6. The van der Waals surface area contributed by atoms with E-state index >= 15 is 0 Å². The maximum atomic E-state index is 5.93. The molecule has 94 valence electrons. The fourth-order valence-electron chi connectivity index (χ4n) is 1.78. The van der Waals surface area contributed by atoms with Gasteiger partial charge in [-0.15, -0.1) is 0 Å². The van der Waals surface area contributed by atoms with E-state index in [4.69, 9.17) is 4.74 Å². The molecule has 0 aliphatic rings. The summed E-state index contributed by atoms with van der Waals surface area (Å²) in [7, 11) is 0. The van der Waals surface area contributed by atoms with E-state index in [1.165, 1.54) is 5.56 Å². The quantitative estimate of drug-likeness (QED) is 0.705. The minimum absolute atomic E-state index is 0.578. The lowest BCUT2D eigenvalue weighted by molar-refractivity contribution is 0.301. The van der Waals surface area contributed by atoms with Crippen LogP contribution in [-0.2, 0) is 13.0 Å². The molecule has 0 aromatic heterocycles. The van der Waals surface area contributed by atoms with Crippen molar-refractivity contribution in [2.24, 2.45) is 0 Å². The van der Waals surface area contributed by atoms with Crippen molar-refractivity contribution in [3.8, 4) is 5.75 Å². The minimum atomic E-state index is 0.578. The van der Waals surface area contributed by atoms with Crippen LogP contribution in [0.2, 0.25) is 0 Å². The first-order valence-corrected chi connectivity index (χ1v) is 7.44. The predicted molar refractivity (Wildman–Crippen MR) is 82.0 cm³/mol. The van der Waals surface area contributed by atoms with Crippen LogP contribution in [-0.4, -0.2) is 0 Å². The van der Waals surface area contributed by atoms with Crippen LogP contribution in [0.15, 0.2) is 51.4 Å². The molecule has 0 amide bonds. The molecule has 0 heterocycles. The van der Waals surface area contributed by atoms with Gasteiger partial charge in [-0.05, 0) is 51.7 Å². The summed E-state index contributed by atoms with van der Waals surface area (Å²) in [6.07, 6.45) is 0.966. The predicted octanol–water partition coefficient (Wildman–Crippen LogP) is 5.35. The van der Waals surface area contributed by atoms with E-state index in [2.05, 4.69) is 57.0 Å². The molecule has 0 saturated carbocycles. The van der Waals surface area contributed by atoms with Crippen LogP contribution in [0.5, 0.6) is 5.75 Å². The average Bonchev–Trinajstić information content (AvgIpc) is 2.37. The van der Waals surface area contributed by atoms with Gasteiger partial charge in [0.25, 0.3) is 0 Å². The third kappa shape index (κ3) is 3.36. The van der Waals surface area contributed by atoms with Gasteiger partial charge >= 0.3 is 0 Å². The summed E-state index contributed by atoms with van der Waals surface area (Å²) in [5, 5.41) is 0. The average molecular weight is 370 g/mol. The third-order valence-corrected chi connectivity index (χ3v) is 3.82. The summed E-state index contributed by atoms with van der Waals surface area (Å²) < 4.78 is 8.02. The SMILES string of the molecule is CCc1cccc(Br)c1OCc1cccc(Br)c1. The fourth-order valence-corrected chi connectivity index (χ4v) is 2.74. The molecule has 2 aromatic rings. The van der Waals surface area contributed by atoms with E-state index in [9.17, 15) is 0 Å². The number of rotatable bonds is 4. The van der Waals surface area contributed by atoms with E-state index in [0.717, 1.165) is 26.7 Å². The molecule has 0 spiro atoms. The highest BCUT2D eigenvalue weighted by Gasteiger charge is 2.06.